The first-order valence-corrected chi connectivity index (χ1v) is 9.66. The van der Waals surface area contributed by atoms with Gasteiger partial charge in [0.1, 0.15) is 11.5 Å². The Balaban J connectivity index is 1.55. The van der Waals surface area contributed by atoms with Gasteiger partial charge in [-0.2, -0.15) is 13.2 Å². The van der Waals surface area contributed by atoms with E-state index in [9.17, 15) is 27.6 Å². The highest BCUT2D eigenvalue weighted by atomic mass is 19.4. The molecule has 0 bridgehead atoms. The van der Waals surface area contributed by atoms with Gasteiger partial charge in [0, 0.05) is 26.2 Å². The summed E-state index contributed by atoms with van der Waals surface area (Å²) in [7, 11) is 0. The van der Waals surface area contributed by atoms with E-state index in [1.807, 2.05) is 0 Å². The maximum atomic E-state index is 13.2. The molecule has 0 radical (unpaired) electrons. The van der Waals surface area contributed by atoms with Gasteiger partial charge in [0.2, 0.25) is 5.91 Å². The molecule has 3 amide bonds. The maximum absolute atomic E-state index is 13.2. The molecular weight excluding hydrogens is 415 g/mol. The molecule has 1 aliphatic rings. The molecule has 3 rings (SSSR count). The fraction of sp³-hybridized carbons (Fsp3) is 0.381. The summed E-state index contributed by atoms with van der Waals surface area (Å²) in [6, 6.07) is 6.22. The van der Waals surface area contributed by atoms with Crippen molar-refractivity contribution in [1.82, 2.24) is 15.1 Å². The zero-order valence-electron chi connectivity index (χ0n) is 17.1. The third kappa shape index (κ3) is 5.07. The van der Waals surface area contributed by atoms with Gasteiger partial charge < -0.3 is 19.5 Å². The van der Waals surface area contributed by atoms with E-state index in [0.29, 0.717) is 17.1 Å². The number of alkyl halides is 3. The number of hydrogen-bond donors (Lipinski definition) is 1. The Labute approximate surface area is 176 Å². The van der Waals surface area contributed by atoms with Crippen LogP contribution >= 0.6 is 0 Å². The first-order valence-electron chi connectivity index (χ1n) is 9.66. The van der Waals surface area contributed by atoms with Gasteiger partial charge in [-0.15, -0.1) is 0 Å². The fourth-order valence-electron chi connectivity index (χ4n) is 3.47. The van der Waals surface area contributed by atoms with Crippen LogP contribution in [0.25, 0.3) is 0 Å². The Morgan fingerprint density at radius 2 is 1.61 bits per heavy atom. The highest BCUT2D eigenvalue weighted by Crippen LogP contribution is 2.32. The third-order valence-electron chi connectivity index (χ3n) is 5.07. The van der Waals surface area contributed by atoms with Crippen LogP contribution in [0.15, 0.2) is 34.7 Å². The molecule has 166 valence electrons. The summed E-state index contributed by atoms with van der Waals surface area (Å²) in [5.41, 5.74) is -1.04. The molecular formula is C21H22F3N3O4. The Bertz CT molecular complexity index is 992. The Morgan fingerprint density at radius 1 is 1.00 bits per heavy atom. The van der Waals surface area contributed by atoms with Crippen molar-refractivity contribution in [2.45, 2.75) is 20.0 Å². The monoisotopic (exact) mass is 437 g/mol. The van der Waals surface area contributed by atoms with Crippen molar-refractivity contribution in [2.75, 3.05) is 32.7 Å². The van der Waals surface area contributed by atoms with E-state index in [2.05, 4.69) is 5.32 Å². The van der Waals surface area contributed by atoms with Crippen molar-refractivity contribution in [3.05, 3.63) is 58.5 Å². The Morgan fingerprint density at radius 3 is 2.19 bits per heavy atom. The second kappa shape index (κ2) is 8.83. The van der Waals surface area contributed by atoms with E-state index in [-0.39, 0.29) is 38.6 Å². The van der Waals surface area contributed by atoms with Crippen molar-refractivity contribution >= 4 is 17.7 Å². The van der Waals surface area contributed by atoms with Crippen LogP contribution in [-0.4, -0.2) is 60.2 Å². The predicted octanol–water partition coefficient (Wildman–Crippen LogP) is 2.63. The van der Waals surface area contributed by atoms with Crippen molar-refractivity contribution in [3.63, 3.8) is 0 Å². The highest BCUT2D eigenvalue weighted by molar-refractivity contribution is 5.98. The molecule has 7 nitrogen and oxygen atoms in total. The van der Waals surface area contributed by atoms with Crippen LogP contribution in [-0.2, 0) is 11.0 Å². The summed E-state index contributed by atoms with van der Waals surface area (Å²) >= 11 is 0. The summed E-state index contributed by atoms with van der Waals surface area (Å²) in [6.45, 7) is 3.67. The molecule has 10 heteroatoms. The van der Waals surface area contributed by atoms with Gasteiger partial charge >= 0.3 is 6.18 Å². The van der Waals surface area contributed by atoms with Crippen molar-refractivity contribution < 1.29 is 32.0 Å². The molecule has 1 fully saturated rings. The van der Waals surface area contributed by atoms with E-state index < -0.39 is 29.1 Å². The standard InChI is InChI=1S/C21H22F3N3O4/c1-13-11-16(14(2)31-13)19(29)25-12-18(28)26-7-9-27(10-8-26)20(30)15-5-3-4-6-17(15)21(22,23)24/h3-6,11H,7-10,12H2,1-2H3,(H,25,29). The van der Waals surface area contributed by atoms with Crippen molar-refractivity contribution in [2.24, 2.45) is 0 Å². The number of benzene rings is 1. The molecule has 1 N–H and O–H groups in total. The lowest BCUT2D eigenvalue weighted by Crippen LogP contribution is -2.52. The fourth-order valence-corrected chi connectivity index (χ4v) is 3.47. The summed E-state index contributed by atoms with van der Waals surface area (Å²) in [5.74, 6) is -0.455. The molecule has 0 spiro atoms. The number of nitrogens with one attached hydrogen (secondary N) is 1. The molecule has 1 aromatic carbocycles. The van der Waals surface area contributed by atoms with Gasteiger partial charge in [0.25, 0.3) is 11.8 Å². The summed E-state index contributed by atoms with van der Waals surface area (Å²) < 4.78 is 44.8. The predicted molar refractivity (Wildman–Crippen MR) is 104 cm³/mol. The lowest BCUT2D eigenvalue weighted by Gasteiger charge is -2.35. The van der Waals surface area contributed by atoms with E-state index in [0.717, 1.165) is 12.1 Å². The zero-order chi connectivity index (χ0) is 22.8. The lowest BCUT2D eigenvalue weighted by atomic mass is 10.1. The van der Waals surface area contributed by atoms with Gasteiger partial charge in [-0.1, -0.05) is 12.1 Å². The number of piperazine rings is 1. The molecule has 2 aromatic rings. The van der Waals surface area contributed by atoms with E-state index in [1.165, 1.54) is 21.9 Å². The number of carbonyl (C=O) groups is 3. The highest BCUT2D eigenvalue weighted by Gasteiger charge is 2.36. The topological polar surface area (TPSA) is 82.9 Å². The minimum absolute atomic E-state index is 0.102. The van der Waals surface area contributed by atoms with E-state index in [4.69, 9.17) is 4.42 Å². The second-order valence-electron chi connectivity index (χ2n) is 7.23. The molecule has 1 aliphatic heterocycles. The molecule has 2 heterocycles. The van der Waals surface area contributed by atoms with Crippen LogP contribution in [0.5, 0.6) is 0 Å². The molecule has 0 saturated carbocycles. The maximum Gasteiger partial charge on any atom is 0.417 e. The van der Waals surface area contributed by atoms with Gasteiger partial charge in [0.05, 0.1) is 23.2 Å². The molecule has 0 unspecified atom stereocenters. The minimum atomic E-state index is -4.63. The SMILES string of the molecule is Cc1cc(C(=O)NCC(=O)N2CCN(C(=O)c3ccccc3C(F)(F)F)CC2)c(C)o1. The average molecular weight is 437 g/mol. The molecule has 1 saturated heterocycles. The van der Waals surface area contributed by atoms with Crippen LogP contribution in [0.2, 0.25) is 0 Å². The average Bonchev–Trinajstić information content (AvgIpc) is 3.08. The van der Waals surface area contributed by atoms with Gasteiger partial charge in [0.15, 0.2) is 0 Å². The number of halogens is 3. The van der Waals surface area contributed by atoms with Gasteiger partial charge in [-0.25, -0.2) is 0 Å². The van der Waals surface area contributed by atoms with Crippen molar-refractivity contribution in [1.29, 1.82) is 0 Å². The summed E-state index contributed by atoms with van der Waals surface area (Å²) in [5, 5.41) is 2.54. The zero-order valence-corrected chi connectivity index (χ0v) is 17.1. The summed E-state index contributed by atoms with van der Waals surface area (Å²) in [6.07, 6.45) is -4.63. The van der Waals surface area contributed by atoms with Crippen LogP contribution in [0.3, 0.4) is 0 Å². The van der Waals surface area contributed by atoms with Gasteiger partial charge in [-0.05, 0) is 32.0 Å². The van der Waals surface area contributed by atoms with E-state index >= 15 is 0 Å². The minimum Gasteiger partial charge on any atom is -0.466 e. The smallest absolute Gasteiger partial charge is 0.417 e. The first kappa shape index (κ1) is 22.4. The third-order valence-corrected chi connectivity index (χ3v) is 5.07. The van der Waals surface area contributed by atoms with Crippen LogP contribution in [0, 0.1) is 13.8 Å². The van der Waals surface area contributed by atoms with Gasteiger partial charge in [-0.3, -0.25) is 14.4 Å². The number of furan rings is 1. The lowest BCUT2D eigenvalue weighted by molar-refractivity contribution is -0.138. The number of carbonyl (C=O) groups excluding carboxylic acids is 3. The molecule has 1 aromatic heterocycles. The van der Waals surface area contributed by atoms with Crippen LogP contribution in [0.1, 0.15) is 37.8 Å². The van der Waals surface area contributed by atoms with E-state index in [1.54, 1.807) is 19.9 Å². The number of hydrogen-bond acceptors (Lipinski definition) is 4. The van der Waals surface area contributed by atoms with Crippen LogP contribution in [0.4, 0.5) is 13.2 Å². The number of amides is 3. The second-order valence-corrected chi connectivity index (χ2v) is 7.23. The van der Waals surface area contributed by atoms with Crippen molar-refractivity contribution in [3.8, 4) is 0 Å². The normalized spacial score (nSPS) is 14.5. The number of rotatable bonds is 4. The Kier molecular flexibility index (Phi) is 6.37. The molecule has 0 atom stereocenters. The number of aryl methyl sites for hydroxylation is 2. The molecule has 0 aliphatic carbocycles. The molecule has 31 heavy (non-hydrogen) atoms. The Hall–Kier alpha value is -3.30. The number of nitrogens with zero attached hydrogens (tertiary/aromatic N) is 2. The largest absolute Gasteiger partial charge is 0.466 e. The first-order chi connectivity index (χ1) is 14.6. The van der Waals surface area contributed by atoms with Crippen LogP contribution < -0.4 is 5.32 Å². The summed E-state index contributed by atoms with van der Waals surface area (Å²) in [4.78, 5) is 40.0. The quantitative estimate of drug-likeness (QED) is 0.797.